The van der Waals surface area contributed by atoms with Crippen molar-refractivity contribution in [3.63, 3.8) is 0 Å². The number of nitrogens with zero attached hydrogens (tertiary/aromatic N) is 1. The Morgan fingerprint density at radius 3 is 2.83 bits per heavy atom. The highest BCUT2D eigenvalue weighted by Crippen LogP contribution is 2.37. The molecule has 1 aromatic rings. The van der Waals surface area contributed by atoms with E-state index in [0.717, 1.165) is 19.3 Å². The molecule has 122 valence electrons. The number of rotatable bonds is 7. The number of carbonyl (C=O) groups excluding carboxylic acids is 1. The van der Waals surface area contributed by atoms with Crippen LogP contribution in [-0.4, -0.2) is 25.7 Å². The summed E-state index contributed by atoms with van der Waals surface area (Å²) in [5.74, 6) is 0.572. The second-order valence-corrected chi connectivity index (χ2v) is 5.71. The lowest BCUT2D eigenvalue weighted by Gasteiger charge is -2.13. The standard InChI is InChI=1S/C17H19ClN2O3/c1-3-6-23-16-14(18)8-11(9-15(16)22-2)7-12(10-19)17(21)20-13-4-5-13/h7-9,13H,3-6H2,1-2H3,(H,20,21)/b12-7+. The van der Waals surface area contributed by atoms with Crippen LogP contribution in [0.2, 0.25) is 5.02 Å². The van der Waals surface area contributed by atoms with Gasteiger partial charge in [0.15, 0.2) is 11.5 Å². The van der Waals surface area contributed by atoms with E-state index in [4.69, 9.17) is 21.1 Å². The number of hydrogen-bond acceptors (Lipinski definition) is 4. The molecule has 5 nitrogen and oxygen atoms in total. The van der Waals surface area contributed by atoms with Gasteiger partial charge in [-0.2, -0.15) is 5.26 Å². The molecular weight excluding hydrogens is 316 g/mol. The Balaban J connectivity index is 2.27. The Morgan fingerprint density at radius 1 is 1.52 bits per heavy atom. The number of amides is 1. The highest BCUT2D eigenvalue weighted by Gasteiger charge is 2.24. The van der Waals surface area contributed by atoms with Crippen molar-refractivity contribution in [1.82, 2.24) is 5.32 Å². The summed E-state index contributed by atoms with van der Waals surface area (Å²) >= 11 is 6.23. The molecule has 1 saturated carbocycles. The molecule has 1 N–H and O–H groups in total. The van der Waals surface area contributed by atoms with E-state index < -0.39 is 0 Å². The van der Waals surface area contributed by atoms with E-state index >= 15 is 0 Å². The largest absolute Gasteiger partial charge is 0.493 e. The summed E-state index contributed by atoms with van der Waals surface area (Å²) in [5, 5.41) is 12.4. The molecular formula is C17H19ClN2O3. The number of hydrogen-bond donors (Lipinski definition) is 1. The third kappa shape index (κ3) is 4.64. The molecule has 0 radical (unpaired) electrons. The highest BCUT2D eigenvalue weighted by molar-refractivity contribution is 6.32. The van der Waals surface area contributed by atoms with Crippen molar-refractivity contribution in [2.24, 2.45) is 0 Å². The second-order valence-electron chi connectivity index (χ2n) is 5.30. The van der Waals surface area contributed by atoms with Gasteiger partial charge >= 0.3 is 0 Å². The molecule has 0 unspecified atom stereocenters. The van der Waals surface area contributed by atoms with Crippen LogP contribution in [0.25, 0.3) is 6.08 Å². The Bertz CT molecular complexity index is 661. The highest BCUT2D eigenvalue weighted by atomic mass is 35.5. The molecule has 1 aromatic carbocycles. The summed E-state index contributed by atoms with van der Waals surface area (Å²) in [6, 6.07) is 5.46. The SMILES string of the molecule is CCCOc1c(Cl)cc(/C=C(\C#N)C(=O)NC2CC2)cc1OC. The van der Waals surface area contributed by atoms with Gasteiger partial charge in [0, 0.05) is 6.04 Å². The fraction of sp³-hybridized carbons (Fsp3) is 0.412. The second kappa shape index (κ2) is 7.89. The normalized spacial score (nSPS) is 14.1. The summed E-state index contributed by atoms with van der Waals surface area (Å²) in [6.45, 7) is 2.52. The minimum absolute atomic E-state index is 0.0391. The van der Waals surface area contributed by atoms with Gasteiger partial charge in [0.05, 0.1) is 18.7 Å². The fourth-order valence-corrected chi connectivity index (χ4v) is 2.25. The summed E-state index contributed by atoms with van der Waals surface area (Å²) < 4.78 is 10.9. The third-order valence-electron chi connectivity index (χ3n) is 3.29. The molecule has 1 aliphatic carbocycles. The van der Waals surface area contributed by atoms with Crippen LogP contribution in [0.4, 0.5) is 0 Å². The van der Waals surface area contributed by atoms with Crippen LogP contribution in [0.15, 0.2) is 17.7 Å². The summed E-state index contributed by atoms with van der Waals surface area (Å²) in [4.78, 5) is 12.0. The van der Waals surface area contributed by atoms with E-state index in [-0.39, 0.29) is 17.5 Å². The Hall–Kier alpha value is -2.19. The number of nitrogens with one attached hydrogen (secondary N) is 1. The molecule has 0 atom stereocenters. The third-order valence-corrected chi connectivity index (χ3v) is 3.57. The van der Waals surface area contributed by atoms with Gasteiger partial charge in [-0.1, -0.05) is 18.5 Å². The number of ether oxygens (including phenoxy) is 2. The minimum Gasteiger partial charge on any atom is -0.493 e. The maximum atomic E-state index is 12.0. The van der Waals surface area contributed by atoms with Crippen molar-refractivity contribution in [2.75, 3.05) is 13.7 Å². The average molecular weight is 335 g/mol. The van der Waals surface area contributed by atoms with Gasteiger partial charge in [-0.3, -0.25) is 4.79 Å². The van der Waals surface area contributed by atoms with Crippen LogP contribution in [0.5, 0.6) is 11.5 Å². The molecule has 0 aliphatic heterocycles. The van der Waals surface area contributed by atoms with Gasteiger partial charge in [-0.15, -0.1) is 0 Å². The molecule has 1 aliphatic rings. The van der Waals surface area contributed by atoms with Crippen LogP contribution in [0, 0.1) is 11.3 Å². The number of benzene rings is 1. The van der Waals surface area contributed by atoms with Crippen molar-refractivity contribution in [3.05, 3.63) is 28.3 Å². The number of nitriles is 1. The molecule has 0 heterocycles. The lowest BCUT2D eigenvalue weighted by molar-refractivity contribution is -0.117. The zero-order chi connectivity index (χ0) is 16.8. The quantitative estimate of drug-likeness (QED) is 0.613. The van der Waals surface area contributed by atoms with Crippen LogP contribution < -0.4 is 14.8 Å². The van der Waals surface area contributed by atoms with Crippen LogP contribution in [-0.2, 0) is 4.79 Å². The number of carbonyl (C=O) groups is 1. The molecule has 6 heteroatoms. The van der Waals surface area contributed by atoms with Gasteiger partial charge in [0.25, 0.3) is 5.91 Å². The Labute approximate surface area is 140 Å². The van der Waals surface area contributed by atoms with E-state index in [1.54, 1.807) is 12.1 Å². The zero-order valence-corrected chi connectivity index (χ0v) is 13.9. The molecule has 0 spiro atoms. The number of methoxy groups -OCH3 is 1. The summed E-state index contributed by atoms with van der Waals surface area (Å²) in [5.41, 5.74) is 0.649. The van der Waals surface area contributed by atoms with Gasteiger partial charge in [0.1, 0.15) is 11.6 Å². The van der Waals surface area contributed by atoms with Crippen molar-refractivity contribution < 1.29 is 14.3 Å². The van der Waals surface area contributed by atoms with Crippen molar-refractivity contribution in [1.29, 1.82) is 5.26 Å². The van der Waals surface area contributed by atoms with Crippen molar-refractivity contribution in [2.45, 2.75) is 32.2 Å². The smallest absolute Gasteiger partial charge is 0.262 e. The average Bonchev–Trinajstić information content (AvgIpc) is 3.34. The Morgan fingerprint density at radius 2 is 2.26 bits per heavy atom. The summed E-state index contributed by atoms with van der Waals surface area (Å²) in [7, 11) is 1.52. The van der Waals surface area contributed by atoms with Gasteiger partial charge < -0.3 is 14.8 Å². The maximum Gasteiger partial charge on any atom is 0.262 e. The van der Waals surface area contributed by atoms with Crippen LogP contribution in [0.3, 0.4) is 0 Å². The zero-order valence-electron chi connectivity index (χ0n) is 13.2. The van der Waals surface area contributed by atoms with Gasteiger partial charge in [-0.05, 0) is 43.0 Å². The monoisotopic (exact) mass is 334 g/mol. The van der Waals surface area contributed by atoms with E-state index in [1.165, 1.54) is 13.2 Å². The van der Waals surface area contributed by atoms with Crippen molar-refractivity contribution in [3.8, 4) is 17.6 Å². The van der Waals surface area contributed by atoms with E-state index in [1.807, 2.05) is 13.0 Å². The molecule has 1 amide bonds. The first-order valence-corrected chi connectivity index (χ1v) is 7.89. The first-order chi connectivity index (χ1) is 11.1. The minimum atomic E-state index is -0.364. The first-order valence-electron chi connectivity index (χ1n) is 7.52. The van der Waals surface area contributed by atoms with Crippen LogP contribution >= 0.6 is 11.6 Å². The molecule has 0 saturated heterocycles. The lowest BCUT2D eigenvalue weighted by Crippen LogP contribution is -2.26. The van der Waals surface area contributed by atoms with Gasteiger partial charge in [0.2, 0.25) is 0 Å². The number of halogens is 1. The van der Waals surface area contributed by atoms with Crippen LogP contribution in [0.1, 0.15) is 31.7 Å². The fourth-order valence-electron chi connectivity index (χ4n) is 1.97. The molecule has 0 aromatic heterocycles. The molecule has 23 heavy (non-hydrogen) atoms. The first kappa shape index (κ1) is 17.2. The van der Waals surface area contributed by atoms with Crippen molar-refractivity contribution >= 4 is 23.6 Å². The molecule has 2 rings (SSSR count). The maximum absolute atomic E-state index is 12.0. The Kier molecular flexibility index (Phi) is 5.89. The van der Waals surface area contributed by atoms with E-state index in [2.05, 4.69) is 5.32 Å². The molecule has 1 fully saturated rings. The molecule has 0 bridgehead atoms. The summed E-state index contributed by atoms with van der Waals surface area (Å²) in [6.07, 6.45) is 4.28. The predicted octanol–water partition coefficient (Wildman–Crippen LogP) is 3.32. The lowest BCUT2D eigenvalue weighted by atomic mass is 10.1. The van der Waals surface area contributed by atoms with E-state index in [9.17, 15) is 10.1 Å². The predicted molar refractivity (Wildman–Crippen MR) is 88.5 cm³/mol. The van der Waals surface area contributed by atoms with Gasteiger partial charge in [-0.25, -0.2) is 0 Å². The van der Waals surface area contributed by atoms with E-state index in [0.29, 0.717) is 28.7 Å². The topological polar surface area (TPSA) is 71.3 Å².